The Morgan fingerprint density at radius 1 is 1.24 bits per heavy atom. The molecule has 0 unspecified atom stereocenters. The van der Waals surface area contributed by atoms with E-state index in [1.165, 1.54) is 42.7 Å². The summed E-state index contributed by atoms with van der Waals surface area (Å²) in [7, 11) is 1.57. The van der Waals surface area contributed by atoms with Crippen molar-refractivity contribution in [1.82, 2.24) is 23.8 Å². The van der Waals surface area contributed by atoms with Gasteiger partial charge in [-0.05, 0) is 49.6 Å². The van der Waals surface area contributed by atoms with Crippen LogP contribution in [0.1, 0.15) is 41.8 Å². The SMILES string of the molecule is COCCN(C(C)=O)c1nc(-c2nc(C)ns2)n2c1[C@@H](C)N(C(=O)c1ccc(F)cc1)CC2. The fourth-order valence-corrected chi connectivity index (χ4v) is 4.69. The number of imidazole rings is 1. The summed E-state index contributed by atoms with van der Waals surface area (Å²) in [5, 5.41) is 0.653. The quantitative estimate of drug-likeness (QED) is 0.547. The van der Waals surface area contributed by atoms with E-state index in [9.17, 15) is 14.0 Å². The summed E-state index contributed by atoms with van der Waals surface area (Å²) in [4.78, 5) is 38.4. The molecule has 1 aromatic carbocycles. The first kappa shape index (κ1) is 23.0. The number of fused-ring (bicyclic) bond motifs is 1. The van der Waals surface area contributed by atoms with Gasteiger partial charge < -0.3 is 14.2 Å². The van der Waals surface area contributed by atoms with Crippen molar-refractivity contribution in [3.05, 3.63) is 47.2 Å². The molecular formula is C22H25FN6O3S. The summed E-state index contributed by atoms with van der Waals surface area (Å²) in [6.07, 6.45) is 0. The van der Waals surface area contributed by atoms with E-state index in [0.29, 0.717) is 54.3 Å². The maximum Gasteiger partial charge on any atom is 0.254 e. The van der Waals surface area contributed by atoms with E-state index in [0.717, 1.165) is 5.69 Å². The second-order valence-corrected chi connectivity index (χ2v) is 8.54. The fourth-order valence-electron chi connectivity index (χ4n) is 4.02. The number of nitrogens with zero attached hydrogens (tertiary/aromatic N) is 6. The molecule has 1 aliphatic rings. The second-order valence-electron chi connectivity index (χ2n) is 7.79. The van der Waals surface area contributed by atoms with Crippen molar-refractivity contribution < 1.29 is 18.7 Å². The van der Waals surface area contributed by atoms with Crippen molar-refractivity contribution >= 4 is 29.2 Å². The molecule has 0 fully saturated rings. The van der Waals surface area contributed by atoms with E-state index in [-0.39, 0.29) is 17.9 Å². The van der Waals surface area contributed by atoms with Crippen LogP contribution in [0.15, 0.2) is 24.3 Å². The Bertz CT molecular complexity index is 1180. The van der Waals surface area contributed by atoms with Gasteiger partial charge in [0.1, 0.15) is 11.6 Å². The Hall–Kier alpha value is -3.18. The van der Waals surface area contributed by atoms with Gasteiger partial charge in [-0.3, -0.25) is 14.5 Å². The highest BCUT2D eigenvalue weighted by Gasteiger charge is 2.36. The van der Waals surface area contributed by atoms with Crippen LogP contribution >= 0.6 is 11.5 Å². The van der Waals surface area contributed by atoms with Crippen molar-refractivity contribution in [1.29, 1.82) is 0 Å². The number of halogens is 1. The molecule has 0 spiro atoms. The smallest absolute Gasteiger partial charge is 0.254 e. The number of aryl methyl sites for hydroxylation is 1. The molecule has 0 radical (unpaired) electrons. The van der Waals surface area contributed by atoms with Crippen LogP contribution in [-0.2, 0) is 16.1 Å². The molecule has 33 heavy (non-hydrogen) atoms. The molecule has 3 aromatic rings. The molecule has 4 rings (SSSR count). The number of anilines is 1. The Kier molecular flexibility index (Phi) is 6.52. The van der Waals surface area contributed by atoms with Gasteiger partial charge in [0.05, 0.1) is 24.9 Å². The van der Waals surface area contributed by atoms with Crippen LogP contribution in [0.5, 0.6) is 0 Å². The van der Waals surface area contributed by atoms with Gasteiger partial charge in [0, 0.05) is 32.7 Å². The molecule has 2 amide bonds. The van der Waals surface area contributed by atoms with Gasteiger partial charge in [-0.1, -0.05) is 0 Å². The monoisotopic (exact) mass is 472 g/mol. The Morgan fingerprint density at radius 3 is 2.58 bits per heavy atom. The predicted octanol–water partition coefficient (Wildman–Crippen LogP) is 3.07. The van der Waals surface area contributed by atoms with Crippen LogP contribution in [0.3, 0.4) is 0 Å². The van der Waals surface area contributed by atoms with Crippen LogP contribution in [-0.4, -0.2) is 62.4 Å². The number of amides is 2. The van der Waals surface area contributed by atoms with Gasteiger partial charge in [0.15, 0.2) is 16.6 Å². The third-order valence-electron chi connectivity index (χ3n) is 5.64. The molecule has 174 valence electrons. The van der Waals surface area contributed by atoms with Crippen molar-refractivity contribution in [3.63, 3.8) is 0 Å². The minimum atomic E-state index is -0.397. The predicted molar refractivity (Wildman–Crippen MR) is 122 cm³/mol. The van der Waals surface area contributed by atoms with E-state index in [1.807, 2.05) is 18.4 Å². The average molecular weight is 473 g/mol. The molecule has 1 aliphatic heterocycles. The number of carbonyl (C=O) groups excluding carboxylic acids is 2. The summed E-state index contributed by atoms with van der Waals surface area (Å²) in [6.45, 7) is 6.76. The van der Waals surface area contributed by atoms with Gasteiger partial charge in [-0.25, -0.2) is 14.4 Å². The first-order chi connectivity index (χ1) is 15.8. The first-order valence-corrected chi connectivity index (χ1v) is 11.3. The van der Waals surface area contributed by atoms with E-state index < -0.39 is 5.82 Å². The molecule has 9 nitrogen and oxygen atoms in total. The van der Waals surface area contributed by atoms with E-state index in [2.05, 4.69) is 9.36 Å². The van der Waals surface area contributed by atoms with Crippen LogP contribution < -0.4 is 4.90 Å². The number of rotatable bonds is 6. The number of hydrogen-bond acceptors (Lipinski definition) is 7. The maximum atomic E-state index is 13.4. The number of hydrogen-bond donors (Lipinski definition) is 0. The molecule has 1 atom stereocenters. The Balaban J connectivity index is 1.79. The van der Waals surface area contributed by atoms with Crippen molar-refractivity contribution in [3.8, 4) is 10.8 Å². The minimum absolute atomic E-state index is 0.179. The third kappa shape index (κ3) is 4.38. The van der Waals surface area contributed by atoms with Crippen molar-refractivity contribution in [2.75, 3.05) is 31.7 Å². The molecule has 0 aliphatic carbocycles. The van der Waals surface area contributed by atoms with Gasteiger partial charge in [0.2, 0.25) is 5.91 Å². The first-order valence-electron chi connectivity index (χ1n) is 10.6. The molecule has 0 saturated carbocycles. The second kappa shape index (κ2) is 9.36. The van der Waals surface area contributed by atoms with E-state index in [1.54, 1.807) is 16.9 Å². The Morgan fingerprint density at radius 2 is 1.97 bits per heavy atom. The van der Waals surface area contributed by atoms with Crippen LogP contribution in [0.25, 0.3) is 10.8 Å². The highest BCUT2D eigenvalue weighted by atomic mass is 32.1. The zero-order chi connectivity index (χ0) is 23.7. The third-order valence-corrected chi connectivity index (χ3v) is 6.44. The summed E-state index contributed by atoms with van der Waals surface area (Å²) in [5.74, 6) is 0.962. The molecule has 11 heteroatoms. The molecule has 0 N–H and O–H groups in total. The normalized spacial score (nSPS) is 15.4. The number of ether oxygens (including phenoxy) is 1. The fraction of sp³-hybridized carbons (Fsp3) is 0.409. The lowest BCUT2D eigenvalue weighted by atomic mass is 10.1. The molecule has 3 heterocycles. The van der Waals surface area contributed by atoms with Gasteiger partial charge in [0.25, 0.3) is 5.91 Å². The van der Waals surface area contributed by atoms with Gasteiger partial charge in [-0.15, -0.1) is 0 Å². The number of carbonyl (C=O) groups is 2. The van der Waals surface area contributed by atoms with E-state index in [4.69, 9.17) is 9.72 Å². The highest BCUT2D eigenvalue weighted by molar-refractivity contribution is 7.09. The average Bonchev–Trinajstić information content (AvgIpc) is 3.38. The Labute approximate surface area is 195 Å². The van der Waals surface area contributed by atoms with Gasteiger partial charge in [-0.2, -0.15) is 4.37 Å². The zero-order valence-electron chi connectivity index (χ0n) is 18.9. The molecule has 0 saturated heterocycles. The summed E-state index contributed by atoms with van der Waals surface area (Å²) < 4.78 is 24.8. The van der Waals surface area contributed by atoms with Crippen LogP contribution in [0.4, 0.5) is 10.2 Å². The largest absolute Gasteiger partial charge is 0.383 e. The van der Waals surface area contributed by atoms with Crippen molar-refractivity contribution in [2.45, 2.75) is 33.4 Å². The number of aromatic nitrogens is 4. The minimum Gasteiger partial charge on any atom is -0.383 e. The molecule has 2 aromatic heterocycles. The molecule has 0 bridgehead atoms. The highest BCUT2D eigenvalue weighted by Crippen LogP contribution is 2.38. The standard InChI is InChI=1S/C22H25FN6O3S/c1-13-18-19(28(15(3)30)11-12-32-4)25-20(21-24-14(2)26-33-21)29(18)10-9-27(13)22(31)16-5-7-17(23)8-6-16/h5-8,13H,9-12H2,1-4H3/t13-/m1/s1. The van der Waals surface area contributed by atoms with Gasteiger partial charge >= 0.3 is 0 Å². The van der Waals surface area contributed by atoms with E-state index >= 15 is 0 Å². The zero-order valence-corrected chi connectivity index (χ0v) is 19.7. The van der Waals surface area contributed by atoms with Crippen LogP contribution in [0.2, 0.25) is 0 Å². The summed E-state index contributed by atoms with van der Waals surface area (Å²) in [6, 6.07) is 5.12. The topological polar surface area (TPSA) is 93.5 Å². The van der Waals surface area contributed by atoms with Crippen molar-refractivity contribution in [2.24, 2.45) is 0 Å². The lowest BCUT2D eigenvalue weighted by Crippen LogP contribution is -2.42. The number of benzene rings is 1. The molecular weight excluding hydrogens is 447 g/mol. The lowest BCUT2D eigenvalue weighted by molar-refractivity contribution is -0.116. The lowest BCUT2D eigenvalue weighted by Gasteiger charge is -2.36. The summed E-state index contributed by atoms with van der Waals surface area (Å²) in [5.41, 5.74) is 1.14. The number of methoxy groups -OCH3 is 1. The summed E-state index contributed by atoms with van der Waals surface area (Å²) >= 11 is 1.24. The van der Waals surface area contributed by atoms with Crippen LogP contribution in [0, 0.1) is 12.7 Å². The maximum absolute atomic E-state index is 13.4.